The Hall–Kier alpha value is -0.810. The zero-order chi connectivity index (χ0) is 16.8. The molecule has 0 radical (unpaired) electrons. The standard InChI is InChI=1S/C20H31N3O.2ClH/c21-17-20(9-5-2-6-10-20)15-19(24)23-13-11-22(12-14-23)16-18-7-3-1-4-8-18;;/h1,3-4,7-8H,2,5-6,9-17,21H2;2*1H. The molecule has 1 aromatic rings. The largest absolute Gasteiger partial charge is 0.340 e. The van der Waals surface area contributed by atoms with Crippen LogP contribution in [0.1, 0.15) is 44.1 Å². The molecule has 0 spiro atoms. The molecule has 1 aromatic carbocycles. The van der Waals surface area contributed by atoms with Gasteiger partial charge in [0.05, 0.1) is 0 Å². The van der Waals surface area contributed by atoms with E-state index in [2.05, 4.69) is 40.1 Å². The second kappa shape index (κ2) is 11.1. The maximum atomic E-state index is 12.7. The predicted molar refractivity (Wildman–Crippen MR) is 112 cm³/mol. The minimum atomic E-state index is 0. The maximum Gasteiger partial charge on any atom is 0.223 e. The minimum Gasteiger partial charge on any atom is -0.340 e. The maximum absolute atomic E-state index is 12.7. The molecule has 0 aromatic heterocycles. The zero-order valence-electron chi connectivity index (χ0n) is 15.6. The Morgan fingerprint density at radius 3 is 2.15 bits per heavy atom. The molecule has 6 heteroatoms. The van der Waals surface area contributed by atoms with Gasteiger partial charge in [-0.2, -0.15) is 0 Å². The van der Waals surface area contributed by atoms with Gasteiger partial charge in [-0.3, -0.25) is 9.69 Å². The van der Waals surface area contributed by atoms with E-state index in [9.17, 15) is 4.79 Å². The van der Waals surface area contributed by atoms with Crippen LogP contribution in [0.3, 0.4) is 0 Å². The summed E-state index contributed by atoms with van der Waals surface area (Å²) in [4.78, 5) is 17.3. The Labute approximate surface area is 170 Å². The third-order valence-electron chi connectivity index (χ3n) is 5.85. The van der Waals surface area contributed by atoms with Crippen molar-refractivity contribution in [2.24, 2.45) is 11.1 Å². The molecule has 3 rings (SSSR count). The van der Waals surface area contributed by atoms with E-state index in [0.717, 1.165) is 45.6 Å². The fraction of sp³-hybridized carbons (Fsp3) is 0.650. The smallest absolute Gasteiger partial charge is 0.223 e. The first-order valence-corrected chi connectivity index (χ1v) is 9.45. The summed E-state index contributed by atoms with van der Waals surface area (Å²) >= 11 is 0. The van der Waals surface area contributed by atoms with E-state index in [1.54, 1.807) is 0 Å². The van der Waals surface area contributed by atoms with E-state index in [1.165, 1.54) is 24.8 Å². The van der Waals surface area contributed by atoms with Gasteiger partial charge in [-0.05, 0) is 30.4 Å². The minimum absolute atomic E-state index is 0. The van der Waals surface area contributed by atoms with Crippen molar-refractivity contribution in [3.63, 3.8) is 0 Å². The second-order valence-corrected chi connectivity index (χ2v) is 7.58. The van der Waals surface area contributed by atoms with Crippen LogP contribution < -0.4 is 5.73 Å². The Bertz CT molecular complexity index is 527. The van der Waals surface area contributed by atoms with E-state index in [-0.39, 0.29) is 30.2 Å². The molecule has 0 atom stereocenters. The first kappa shape index (κ1) is 23.2. The monoisotopic (exact) mass is 401 g/mol. The fourth-order valence-electron chi connectivity index (χ4n) is 4.18. The van der Waals surface area contributed by atoms with E-state index in [4.69, 9.17) is 5.73 Å². The molecular formula is C20H33Cl2N3O. The average molecular weight is 402 g/mol. The molecule has 148 valence electrons. The highest BCUT2D eigenvalue weighted by molar-refractivity contribution is 5.85. The summed E-state index contributed by atoms with van der Waals surface area (Å²) in [7, 11) is 0. The van der Waals surface area contributed by atoms with Crippen LogP contribution in [0.2, 0.25) is 0 Å². The van der Waals surface area contributed by atoms with Crippen LogP contribution in [0, 0.1) is 5.41 Å². The molecule has 1 heterocycles. The predicted octanol–water partition coefficient (Wildman–Crippen LogP) is 3.47. The van der Waals surface area contributed by atoms with E-state index in [0.29, 0.717) is 18.9 Å². The van der Waals surface area contributed by atoms with Crippen LogP contribution >= 0.6 is 24.8 Å². The van der Waals surface area contributed by atoms with Crippen molar-refractivity contribution in [2.75, 3.05) is 32.7 Å². The molecule has 1 saturated heterocycles. The van der Waals surface area contributed by atoms with Crippen molar-refractivity contribution < 1.29 is 4.79 Å². The lowest BCUT2D eigenvalue weighted by Crippen LogP contribution is -2.50. The average Bonchev–Trinajstić information content (AvgIpc) is 2.64. The summed E-state index contributed by atoms with van der Waals surface area (Å²) in [5, 5.41) is 0. The van der Waals surface area contributed by atoms with E-state index in [1.807, 2.05) is 0 Å². The van der Waals surface area contributed by atoms with Gasteiger partial charge < -0.3 is 10.6 Å². The first-order valence-electron chi connectivity index (χ1n) is 9.45. The molecule has 2 aliphatic rings. The highest BCUT2D eigenvalue weighted by Gasteiger charge is 2.35. The van der Waals surface area contributed by atoms with Crippen LogP contribution in [-0.2, 0) is 11.3 Å². The number of rotatable bonds is 5. The summed E-state index contributed by atoms with van der Waals surface area (Å²) in [6.07, 6.45) is 6.67. The number of carbonyl (C=O) groups is 1. The van der Waals surface area contributed by atoms with Gasteiger partial charge in [-0.15, -0.1) is 24.8 Å². The molecule has 2 fully saturated rings. The highest BCUT2D eigenvalue weighted by atomic mass is 35.5. The van der Waals surface area contributed by atoms with Crippen molar-refractivity contribution in [2.45, 2.75) is 45.1 Å². The molecule has 0 bridgehead atoms. The Balaban J connectivity index is 0.00000169. The fourth-order valence-corrected chi connectivity index (χ4v) is 4.18. The second-order valence-electron chi connectivity index (χ2n) is 7.58. The third kappa shape index (κ3) is 6.12. The summed E-state index contributed by atoms with van der Waals surface area (Å²) in [5.74, 6) is 0.321. The van der Waals surface area contributed by atoms with Crippen LogP contribution in [0.25, 0.3) is 0 Å². The normalized spacial score (nSPS) is 20.0. The number of carbonyl (C=O) groups excluding carboxylic acids is 1. The number of nitrogens with zero attached hydrogens (tertiary/aromatic N) is 2. The van der Waals surface area contributed by atoms with Gasteiger partial charge in [0.1, 0.15) is 0 Å². The van der Waals surface area contributed by atoms with Gasteiger partial charge in [0, 0.05) is 39.1 Å². The van der Waals surface area contributed by atoms with E-state index < -0.39 is 0 Å². The van der Waals surface area contributed by atoms with Crippen LogP contribution in [0.5, 0.6) is 0 Å². The molecule has 26 heavy (non-hydrogen) atoms. The number of hydrogen-bond donors (Lipinski definition) is 1. The lowest BCUT2D eigenvalue weighted by molar-refractivity contribution is -0.136. The van der Waals surface area contributed by atoms with Crippen molar-refractivity contribution in [3.05, 3.63) is 35.9 Å². The first-order chi connectivity index (χ1) is 11.7. The summed E-state index contributed by atoms with van der Waals surface area (Å²) in [5.41, 5.74) is 7.47. The highest BCUT2D eigenvalue weighted by Crippen LogP contribution is 2.38. The lowest BCUT2D eigenvalue weighted by atomic mass is 9.71. The molecule has 1 aliphatic heterocycles. The van der Waals surface area contributed by atoms with Crippen molar-refractivity contribution in [1.82, 2.24) is 9.80 Å². The van der Waals surface area contributed by atoms with Crippen molar-refractivity contribution in [1.29, 1.82) is 0 Å². The zero-order valence-corrected chi connectivity index (χ0v) is 17.2. The number of benzene rings is 1. The number of piperazine rings is 1. The molecule has 1 amide bonds. The number of nitrogens with two attached hydrogens (primary N) is 1. The Morgan fingerprint density at radius 2 is 1.58 bits per heavy atom. The molecule has 2 N–H and O–H groups in total. The van der Waals surface area contributed by atoms with E-state index >= 15 is 0 Å². The lowest BCUT2D eigenvalue weighted by Gasteiger charge is -2.39. The molecule has 1 aliphatic carbocycles. The molecule has 4 nitrogen and oxygen atoms in total. The molecule has 0 unspecified atom stereocenters. The summed E-state index contributed by atoms with van der Waals surface area (Å²) in [6.45, 7) is 5.29. The third-order valence-corrected chi connectivity index (χ3v) is 5.85. The SMILES string of the molecule is Cl.Cl.NCC1(CC(=O)N2CCN(Cc3ccccc3)CC2)CCCCC1. The van der Waals surface area contributed by atoms with Crippen molar-refractivity contribution >= 4 is 30.7 Å². The summed E-state index contributed by atoms with van der Waals surface area (Å²) < 4.78 is 0. The van der Waals surface area contributed by atoms with Crippen molar-refractivity contribution in [3.8, 4) is 0 Å². The number of halogens is 2. The molecule has 1 saturated carbocycles. The van der Waals surface area contributed by atoms with Crippen LogP contribution in [-0.4, -0.2) is 48.4 Å². The van der Waals surface area contributed by atoms with Gasteiger partial charge in [0.15, 0.2) is 0 Å². The topological polar surface area (TPSA) is 49.6 Å². The van der Waals surface area contributed by atoms with Gasteiger partial charge in [0.2, 0.25) is 5.91 Å². The van der Waals surface area contributed by atoms with Crippen LogP contribution in [0.15, 0.2) is 30.3 Å². The van der Waals surface area contributed by atoms with Gasteiger partial charge in [-0.1, -0.05) is 49.6 Å². The van der Waals surface area contributed by atoms with Gasteiger partial charge in [0.25, 0.3) is 0 Å². The van der Waals surface area contributed by atoms with Crippen LogP contribution in [0.4, 0.5) is 0 Å². The number of amides is 1. The Morgan fingerprint density at radius 1 is 0.962 bits per heavy atom. The quantitative estimate of drug-likeness (QED) is 0.821. The van der Waals surface area contributed by atoms with Gasteiger partial charge in [-0.25, -0.2) is 0 Å². The number of hydrogen-bond acceptors (Lipinski definition) is 3. The molecular weight excluding hydrogens is 369 g/mol. The van der Waals surface area contributed by atoms with Gasteiger partial charge >= 0.3 is 0 Å². The summed E-state index contributed by atoms with van der Waals surface area (Å²) in [6, 6.07) is 10.6. The Kier molecular flexibility index (Phi) is 9.94.